The standard InChI is InChI=1S/C26H33F4N5O3/c1-25(2,3)38-24(37)34-11-10-17(20(36)14-34)12-31-22-21(27)23(33-15-32-22)35(19-8-9-19)13-16-4-6-18(7-5-16)26(28,29)30/h4-7,15,17,19-20,36H,8-14H2,1-3H3,(H,31,32,33)/t17-,20+/m1/s1. The van der Waals surface area contributed by atoms with Crippen LogP contribution in [0.2, 0.25) is 0 Å². The summed E-state index contributed by atoms with van der Waals surface area (Å²) in [6.07, 6.45) is -2.34. The first-order chi connectivity index (χ1) is 17.8. The highest BCUT2D eigenvalue weighted by atomic mass is 19.4. The van der Waals surface area contributed by atoms with Gasteiger partial charge in [0.05, 0.1) is 18.2 Å². The van der Waals surface area contributed by atoms with Crippen LogP contribution in [0.3, 0.4) is 0 Å². The van der Waals surface area contributed by atoms with Gasteiger partial charge in [0.25, 0.3) is 0 Å². The van der Waals surface area contributed by atoms with Gasteiger partial charge in [0.2, 0.25) is 5.82 Å². The number of piperidine rings is 1. The number of hydrogen-bond donors (Lipinski definition) is 2. The number of halogens is 4. The predicted octanol–water partition coefficient (Wildman–Crippen LogP) is 4.83. The second-order valence-corrected chi connectivity index (χ2v) is 10.8. The number of carbonyl (C=O) groups excluding carboxylic acids is 1. The van der Waals surface area contributed by atoms with Gasteiger partial charge in [0.15, 0.2) is 11.6 Å². The Morgan fingerprint density at radius 3 is 2.42 bits per heavy atom. The lowest BCUT2D eigenvalue weighted by atomic mass is 9.94. The molecule has 1 saturated heterocycles. The number of hydrogen-bond acceptors (Lipinski definition) is 7. The Balaban J connectivity index is 1.39. The van der Waals surface area contributed by atoms with E-state index in [1.807, 2.05) is 0 Å². The van der Waals surface area contributed by atoms with E-state index in [0.717, 1.165) is 25.0 Å². The molecule has 2 atom stereocenters. The van der Waals surface area contributed by atoms with Gasteiger partial charge >= 0.3 is 12.3 Å². The summed E-state index contributed by atoms with van der Waals surface area (Å²) >= 11 is 0. The van der Waals surface area contributed by atoms with E-state index in [0.29, 0.717) is 18.5 Å². The Labute approximate surface area is 219 Å². The molecule has 0 unspecified atom stereocenters. The molecule has 2 aromatic rings. The number of carbonyl (C=O) groups is 1. The molecule has 1 saturated carbocycles. The number of rotatable bonds is 7. The molecular weight excluding hydrogens is 506 g/mol. The number of aromatic nitrogens is 2. The number of aliphatic hydroxyl groups excluding tert-OH is 1. The summed E-state index contributed by atoms with van der Waals surface area (Å²) in [5.41, 5.74) is -0.765. The molecule has 0 bridgehead atoms. The number of β-amino-alcohol motifs (C(OH)–C–C–N with tert-alkyl or cyclic N) is 1. The van der Waals surface area contributed by atoms with Crippen molar-refractivity contribution in [3.05, 3.63) is 47.5 Å². The maximum absolute atomic E-state index is 15.5. The fourth-order valence-electron chi connectivity index (χ4n) is 4.38. The summed E-state index contributed by atoms with van der Waals surface area (Å²) in [4.78, 5) is 23.7. The molecular formula is C26H33F4N5O3. The van der Waals surface area contributed by atoms with E-state index in [-0.39, 0.29) is 43.2 Å². The van der Waals surface area contributed by atoms with Crippen molar-refractivity contribution in [2.45, 2.75) is 70.5 Å². The van der Waals surface area contributed by atoms with Crippen molar-refractivity contribution in [2.75, 3.05) is 29.9 Å². The molecule has 1 aromatic heterocycles. The number of alkyl halides is 3. The van der Waals surface area contributed by atoms with Crippen LogP contribution in [0.15, 0.2) is 30.6 Å². The average Bonchev–Trinajstić information content (AvgIpc) is 3.67. The van der Waals surface area contributed by atoms with Crippen LogP contribution < -0.4 is 10.2 Å². The molecule has 1 aliphatic carbocycles. The van der Waals surface area contributed by atoms with Gasteiger partial charge in [-0.15, -0.1) is 0 Å². The third-order valence-corrected chi connectivity index (χ3v) is 6.57. The number of likely N-dealkylation sites (tertiary alicyclic amines) is 1. The van der Waals surface area contributed by atoms with Crippen molar-refractivity contribution >= 4 is 17.7 Å². The lowest BCUT2D eigenvalue weighted by Crippen LogP contribution is -2.49. The first-order valence-corrected chi connectivity index (χ1v) is 12.6. The van der Waals surface area contributed by atoms with E-state index in [1.165, 1.54) is 23.4 Å². The van der Waals surface area contributed by atoms with Crippen LogP contribution in [-0.2, 0) is 17.5 Å². The van der Waals surface area contributed by atoms with Crippen LogP contribution in [0.4, 0.5) is 34.0 Å². The fraction of sp³-hybridized carbons (Fsp3) is 0.577. The Bertz CT molecular complexity index is 1120. The van der Waals surface area contributed by atoms with Gasteiger partial charge in [-0.3, -0.25) is 0 Å². The van der Waals surface area contributed by atoms with Crippen molar-refractivity contribution in [1.82, 2.24) is 14.9 Å². The van der Waals surface area contributed by atoms with E-state index in [2.05, 4.69) is 15.3 Å². The lowest BCUT2D eigenvalue weighted by Gasteiger charge is -2.36. The van der Waals surface area contributed by atoms with Gasteiger partial charge in [-0.2, -0.15) is 17.6 Å². The molecule has 2 heterocycles. The largest absolute Gasteiger partial charge is 0.444 e. The highest BCUT2D eigenvalue weighted by molar-refractivity contribution is 5.68. The first-order valence-electron chi connectivity index (χ1n) is 12.6. The number of nitrogens with one attached hydrogen (secondary N) is 1. The molecule has 4 rings (SSSR count). The quantitative estimate of drug-likeness (QED) is 0.487. The van der Waals surface area contributed by atoms with Crippen molar-refractivity contribution in [2.24, 2.45) is 5.92 Å². The summed E-state index contributed by atoms with van der Waals surface area (Å²) < 4.78 is 59.6. The first kappa shape index (κ1) is 27.9. The minimum Gasteiger partial charge on any atom is -0.444 e. The third-order valence-electron chi connectivity index (χ3n) is 6.57. The fourth-order valence-corrected chi connectivity index (χ4v) is 4.38. The number of anilines is 2. The Kier molecular flexibility index (Phi) is 8.01. The Morgan fingerprint density at radius 1 is 1.16 bits per heavy atom. The van der Waals surface area contributed by atoms with Gasteiger partial charge < -0.3 is 25.0 Å². The maximum Gasteiger partial charge on any atom is 0.416 e. The van der Waals surface area contributed by atoms with Crippen molar-refractivity contribution in [1.29, 1.82) is 0 Å². The zero-order valence-corrected chi connectivity index (χ0v) is 21.6. The normalized spacial score (nSPS) is 20.3. The van der Waals surface area contributed by atoms with Gasteiger partial charge in [0, 0.05) is 31.6 Å². The van der Waals surface area contributed by atoms with Crippen LogP contribution in [0.25, 0.3) is 0 Å². The van der Waals surface area contributed by atoms with Crippen LogP contribution in [0.1, 0.15) is 51.2 Å². The number of benzene rings is 1. The van der Waals surface area contributed by atoms with Gasteiger partial charge in [-0.05, 0) is 57.7 Å². The van der Waals surface area contributed by atoms with E-state index in [4.69, 9.17) is 4.74 Å². The molecule has 8 nitrogen and oxygen atoms in total. The number of aliphatic hydroxyl groups is 1. The van der Waals surface area contributed by atoms with Gasteiger partial charge in [-0.25, -0.2) is 14.8 Å². The van der Waals surface area contributed by atoms with Crippen molar-refractivity contribution < 1.29 is 32.2 Å². The molecule has 1 aliphatic heterocycles. The molecule has 2 N–H and O–H groups in total. The van der Waals surface area contributed by atoms with Gasteiger partial charge in [-0.1, -0.05) is 12.1 Å². The molecule has 0 spiro atoms. The molecule has 2 aliphatic rings. The van der Waals surface area contributed by atoms with E-state index in [1.54, 1.807) is 25.7 Å². The third kappa shape index (κ3) is 7.03. The minimum absolute atomic E-state index is 0.0187. The highest BCUT2D eigenvalue weighted by Crippen LogP contribution is 2.35. The summed E-state index contributed by atoms with van der Waals surface area (Å²) in [6, 6.07) is 4.85. The monoisotopic (exact) mass is 539 g/mol. The van der Waals surface area contributed by atoms with Crippen LogP contribution >= 0.6 is 0 Å². The number of amides is 1. The Hall–Kier alpha value is -3.15. The molecule has 0 radical (unpaired) electrons. The SMILES string of the molecule is CC(C)(C)OC(=O)N1CC[C@H](CNc2ncnc(N(Cc3ccc(C(F)(F)F)cc3)C3CC3)c2F)[C@@H](O)C1. The predicted molar refractivity (Wildman–Crippen MR) is 133 cm³/mol. The maximum atomic E-state index is 15.5. The van der Waals surface area contributed by atoms with E-state index < -0.39 is 35.4 Å². The molecule has 12 heteroatoms. The zero-order valence-electron chi connectivity index (χ0n) is 21.6. The summed E-state index contributed by atoms with van der Waals surface area (Å²) in [5, 5.41) is 13.6. The molecule has 1 amide bonds. The smallest absolute Gasteiger partial charge is 0.416 e. The van der Waals surface area contributed by atoms with Crippen LogP contribution in [-0.4, -0.2) is 63.4 Å². The van der Waals surface area contributed by atoms with E-state index >= 15 is 4.39 Å². The molecule has 208 valence electrons. The summed E-state index contributed by atoms with van der Waals surface area (Å²) in [5.74, 6) is -0.842. The number of nitrogens with zero attached hydrogens (tertiary/aromatic N) is 4. The average molecular weight is 540 g/mol. The lowest BCUT2D eigenvalue weighted by molar-refractivity contribution is -0.137. The van der Waals surface area contributed by atoms with Crippen LogP contribution in [0.5, 0.6) is 0 Å². The second kappa shape index (κ2) is 10.9. The topological polar surface area (TPSA) is 90.8 Å². The van der Waals surface area contributed by atoms with Gasteiger partial charge in [0.1, 0.15) is 11.9 Å². The van der Waals surface area contributed by atoms with Crippen molar-refractivity contribution in [3.63, 3.8) is 0 Å². The second-order valence-electron chi connectivity index (χ2n) is 10.8. The summed E-state index contributed by atoms with van der Waals surface area (Å²) in [7, 11) is 0. The van der Waals surface area contributed by atoms with E-state index in [9.17, 15) is 23.1 Å². The zero-order chi connectivity index (χ0) is 27.7. The summed E-state index contributed by atoms with van der Waals surface area (Å²) in [6.45, 7) is 6.28. The molecule has 1 aromatic carbocycles. The number of ether oxygens (including phenoxy) is 1. The van der Waals surface area contributed by atoms with Crippen LogP contribution in [0, 0.1) is 11.7 Å². The van der Waals surface area contributed by atoms with Crippen molar-refractivity contribution in [3.8, 4) is 0 Å². The minimum atomic E-state index is -4.42. The molecule has 38 heavy (non-hydrogen) atoms. The highest BCUT2D eigenvalue weighted by Gasteiger charge is 2.35. The Morgan fingerprint density at radius 2 is 1.84 bits per heavy atom. The molecule has 2 fully saturated rings.